The molecule has 4 rings (SSSR count). The van der Waals surface area contributed by atoms with Gasteiger partial charge in [-0.2, -0.15) is 0 Å². The topological polar surface area (TPSA) is 0 Å². The first-order chi connectivity index (χ1) is 10.4. The summed E-state index contributed by atoms with van der Waals surface area (Å²) in [6, 6.07) is 17.6. The van der Waals surface area contributed by atoms with Gasteiger partial charge in [0, 0.05) is 0 Å². The Balaban J connectivity index is 1.67. The quantitative estimate of drug-likeness (QED) is 0.642. The molecule has 0 N–H and O–H groups in total. The van der Waals surface area contributed by atoms with Gasteiger partial charge in [-0.3, -0.25) is 0 Å². The Bertz CT molecular complexity index is 658. The van der Waals surface area contributed by atoms with Crippen LogP contribution in [0.15, 0.2) is 54.1 Å². The molecule has 106 valence electrons. The van der Waals surface area contributed by atoms with E-state index in [1.807, 2.05) is 0 Å². The lowest BCUT2D eigenvalue weighted by atomic mass is 9.83. The second-order valence-electron chi connectivity index (χ2n) is 6.47. The zero-order valence-corrected chi connectivity index (χ0v) is 12.5. The number of hydrogen-bond acceptors (Lipinski definition) is 0. The van der Waals surface area contributed by atoms with Gasteiger partial charge in [0.15, 0.2) is 0 Å². The Kier molecular flexibility index (Phi) is 3.39. The molecule has 0 saturated heterocycles. The first-order valence-corrected chi connectivity index (χ1v) is 8.29. The minimum Gasteiger partial charge on any atom is -0.0622 e. The van der Waals surface area contributed by atoms with Crippen molar-refractivity contribution < 1.29 is 0 Å². The van der Waals surface area contributed by atoms with Crippen molar-refractivity contribution in [2.45, 2.75) is 38.5 Å². The van der Waals surface area contributed by atoms with Gasteiger partial charge in [-0.15, -0.1) is 0 Å². The number of hydrogen-bond donors (Lipinski definition) is 0. The maximum atomic E-state index is 2.48. The van der Waals surface area contributed by atoms with E-state index in [2.05, 4.69) is 54.6 Å². The summed E-state index contributed by atoms with van der Waals surface area (Å²) in [4.78, 5) is 0. The van der Waals surface area contributed by atoms with Crippen LogP contribution in [0.2, 0.25) is 0 Å². The summed E-state index contributed by atoms with van der Waals surface area (Å²) in [5, 5.41) is 0. The number of benzene rings is 2. The van der Waals surface area contributed by atoms with Crippen LogP contribution in [0, 0.1) is 5.92 Å². The van der Waals surface area contributed by atoms with E-state index in [1.54, 1.807) is 11.1 Å². The van der Waals surface area contributed by atoms with Crippen LogP contribution >= 0.6 is 0 Å². The van der Waals surface area contributed by atoms with Crippen molar-refractivity contribution in [3.63, 3.8) is 0 Å². The molecule has 1 saturated carbocycles. The lowest BCUT2D eigenvalue weighted by Crippen LogP contribution is -2.09. The number of fused-ring (bicyclic) bond motifs is 1. The molecule has 0 atom stereocenters. The molecule has 0 radical (unpaired) electrons. The average molecular weight is 274 g/mol. The van der Waals surface area contributed by atoms with E-state index in [9.17, 15) is 0 Å². The molecule has 1 fully saturated rings. The summed E-state index contributed by atoms with van der Waals surface area (Å²) >= 11 is 0. The molecule has 0 unspecified atom stereocenters. The molecule has 0 heteroatoms. The Morgan fingerprint density at radius 2 is 1.57 bits per heavy atom. The van der Waals surface area contributed by atoms with E-state index in [1.165, 1.54) is 55.2 Å². The summed E-state index contributed by atoms with van der Waals surface area (Å²) in [7, 11) is 0. The predicted octanol–water partition coefficient (Wildman–Crippen LogP) is 5.87. The van der Waals surface area contributed by atoms with Crippen LogP contribution in [-0.2, 0) is 6.42 Å². The van der Waals surface area contributed by atoms with E-state index in [-0.39, 0.29) is 0 Å². The van der Waals surface area contributed by atoms with Crippen molar-refractivity contribution in [3.8, 4) is 11.1 Å². The van der Waals surface area contributed by atoms with Gasteiger partial charge >= 0.3 is 0 Å². The third kappa shape index (κ3) is 2.44. The highest BCUT2D eigenvalue weighted by Gasteiger charge is 2.24. The minimum atomic E-state index is 0.842. The molecule has 0 bridgehead atoms. The average Bonchev–Trinajstić information content (AvgIpc) is 3.00. The van der Waals surface area contributed by atoms with Gasteiger partial charge in [0.05, 0.1) is 0 Å². The van der Waals surface area contributed by atoms with Crippen LogP contribution in [0.25, 0.3) is 17.2 Å². The van der Waals surface area contributed by atoms with Crippen LogP contribution in [0.3, 0.4) is 0 Å². The van der Waals surface area contributed by atoms with Gasteiger partial charge in [0.1, 0.15) is 0 Å². The van der Waals surface area contributed by atoms with Gasteiger partial charge in [-0.25, -0.2) is 0 Å². The fourth-order valence-corrected chi connectivity index (χ4v) is 4.02. The Morgan fingerprint density at radius 3 is 2.38 bits per heavy atom. The summed E-state index contributed by atoms with van der Waals surface area (Å²) in [5.41, 5.74) is 7.47. The molecule has 0 amide bonds. The smallest absolute Gasteiger partial charge is 0.00489 e. The van der Waals surface area contributed by atoms with Gasteiger partial charge in [-0.1, -0.05) is 79.4 Å². The van der Waals surface area contributed by atoms with Crippen molar-refractivity contribution in [1.29, 1.82) is 0 Å². The molecule has 0 spiro atoms. The first kappa shape index (κ1) is 12.9. The Morgan fingerprint density at radius 1 is 0.762 bits per heavy atom. The van der Waals surface area contributed by atoms with Crippen LogP contribution in [0.5, 0.6) is 0 Å². The van der Waals surface area contributed by atoms with Gasteiger partial charge in [-0.05, 0) is 47.4 Å². The molecular weight excluding hydrogens is 252 g/mol. The zero-order valence-electron chi connectivity index (χ0n) is 12.5. The van der Waals surface area contributed by atoms with E-state index < -0.39 is 0 Å². The second kappa shape index (κ2) is 5.52. The normalized spacial score (nSPS) is 18.4. The van der Waals surface area contributed by atoms with Crippen molar-refractivity contribution in [3.05, 3.63) is 65.2 Å². The summed E-state index contributed by atoms with van der Waals surface area (Å²) in [6.07, 6.45) is 10.7. The van der Waals surface area contributed by atoms with Gasteiger partial charge < -0.3 is 0 Å². The molecule has 0 aromatic heterocycles. The second-order valence-corrected chi connectivity index (χ2v) is 6.47. The summed E-state index contributed by atoms with van der Waals surface area (Å²) in [6.45, 7) is 0. The van der Waals surface area contributed by atoms with Gasteiger partial charge in [0.2, 0.25) is 0 Å². The fraction of sp³-hybridized carbons (Fsp3) is 0.333. The molecule has 0 aliphatic heterocycles. The molecule has 0 nitrogen and oxygen atoms in total. The maximum Gasteiger partial charge on any atom is -0.00489 e. The van der Waals surface area contributed by atoms with Crippen molar-refractivity contribution in [1.82, 2.24) is 0 Å². The molecule has 0 heterocycles. The largest absolute Gasteiger partial charge is 0.0622 e. The van der Waals surface area contributed by atoms with E-state index in [0.717, 1.165) is 5.92 Å². The lowest BCUT2D eigenvalue weighted by Gasteiger charge is -2.23. The van der Waals surface area contributed by atoms with Crippen molar-refractivity contribution in [2.75, 3.05) is 0 Å². The van der Waals surface area contributed by atoms with Crippen LogP contribution < -0.4 is 0 Å². The van der Waals surface area contributed by atoms with Crippen molar-refractivity contribution >= 4 is 6.08 Å². The predicted molar refractivity (Wildman–Crippen MR) is 90.1 cm³/mol. The highest BCUT2D eigenvalue weighted by Crippen LogP contribution is 2.40. The summed E-state index contributed by atoms with van der Waals surface area (Å²) in [5.74, 6) is 0.842. The Labute approximate surface area is 127 Å². The standard InChI is InChI=1S/C21H22/c1-3-8-16(9-4-1)19-14-18-12-7-13-20(21(18)15-19)17-10-5-2-6-11-17/h2,5-7,10-14,16H,1,3-4,8-9,15H2. The first-order valence-electron chi connectivity index (χ1n) is 8.29. The van der Waals surface area contributed by atoms with E-state index >= 15 is 0 Å². The minimum absolute atomic E-state index is 0.842. The zero-order chi connectivity index (χ0) is 14.1. The third-order valence-corrected chi connectivity index (χ3v) is 5.15. The monoisotopic (exact) mass is 274 g/mol. The van der Waals surface area contributed by atoms with Crippen LogP contribution in [-0.4, -0.2) is 0 Å². The lowest BCUT2D eigenvalue weighted by molar-refractivity contribution is 0.401. The third-order valence-electron chi connectivity index (χ3n) is 5.15. The van der Waals surface area contributed by atoms with Gasteiger partial charge in [0.25, 0.3) is 0 Å². The Hall–Kier alpha value is -1.82. The molecule has 2 aromatic carbocycles. The highest BCUT2D eigenvalue weighted by molar-refractivity contribution is 5.77. The summed E-state index contributed by atoms with van der Waals surface area (Å²) < 4.78 is 0. The highest BCUT2D eigenvalue weighted by atomic mass is 14.3. The SMILES string of the molecule is C1=C(C2CCCCC2)Cc2c1cccc2-c1ccccc1. The maximum absolute atomic E-state index is 2.48. The molecule has 2 aliphatic rings. The van der Waals surface area contributed by atoms with Crippen LogP contribution in [0.1, 0.15) is 43.2 Å². The molecular formula is C21H22. The number of rotatable bonds is 2. The van der Waals surface area contributed by atoms with E-state index in [4.69, 9.17) is 0 Å². The molecule has 21 heavy (non-hydrogen) atoms. The van der Waals surface area contributed by atoms with Crippen LogP contribution in [0.4, 0.5) is 0 Å². The molecule has 2 aliphatic carbocycles. The fourth-order valence-electron chi connectivity index (χ4n) is 4.02. The van der Waals surface area contributed by atoms with Crippen molar-refractivity contribution in [2.24, 2.45) is 5.92 Å². The molecule has 2 aromatic rings. The number of allylic oxidation sites excluding steroid dienone is 1. The van der Waals surface area contributed by atoms with E-state index in [0.29, 0.717) is 0 Å².